The van der Waals surface area contributed by atoms with Crippen LogP contribution in [0.3, 0.4) is 0 Å². The van der Waals surface area contributed by atoms with E-state index < -0.39 is 100 Å². The summed E-state index contributed by atoms with van der Waals surface area (Å²) < 4.78 is 0. The van der Waals surface area contributed by atoms with Gasteiger partial charge in [-0.05, 0) is 30.4 Å². The molecule has 4 aromatic carbocycles. The number of hydrogen-bond acceptors (Lipinski definition) is 18. The van der Waals surface area contributed by atoms with Crippen LogP contribution in [-0.2, 0) is 6.42 Å². The maximum Gasteiger partial charge on any atom is 0.328 e. The minimum Gasteiger partial charge on any atom is -0.375 e. The number of non-ortho nitro benzene ring substituents is 2. The highest BCUT2D eigenvalue weighted by Gasteiger charge is 2.38. The molecule has 0 aliphatic rings. The van der Waals surface area contributed by atoms with Gasteiger partial charge >= 0.3 is 34.2 Å². The number of hydrogen-bond donors (Lipinski definition) is 2. The molecule has 0 atom stereocenters. The van der Waals surface area contributed by atoms with Gasteiger partial charge < -0.3 is 15.4 Å². The minimum absolute atomic E-state index is 0.0330. The van der Waals surface area contributed by atoms with Crippen molar-refractivity contribution in [2.45, 2.75) is 25.2 Å². The number of nitrogens with zero attached hydrogens (tertiary/aromatic N) is 9. The molecule has 0 bridgehead atoms. The van der Waals surface area contributed by atoms with Crippen molar-refractivity contribution in [3.63, 3.8) is 0 Å². The molecule has 60 heavy (non-hydrogen) atoms. The zero-order chi connectivity index (χ0) is 43.7. The summed E-state index contributed by atoms with van der Waals surface area (Å²) in [6, 6.07) is 19.3. The van der Waals surface area contributed by atoms with Crippen molar-refractivity contribution < 1.29 is 39.2 Å². The fraction of sp³-hybridized carbons (Fsp3) is 0.176. The topological polar surface area (TPSA) is 347 Å². The molecular weight excluding hydrogens is 819 g/mol. The number of guanidine groups is 1. The van der Waals surface area contributed by atoms with E-state index >= 15 is 0 Å². The summed E-state index contributed by atoms with van der Waals surface area (Å²) in [4.78, 5) is 80.8. The maximum atomic E-state index is 12.3. The smallest absolute Gasteiger partial charge is 0.328 e. The Labute approximate surface area is 339 Å². The summed E-state index contributed by atoms with van der Waals surface area (Å²) in [5.74, 6) is -3.86. The van der Waals surface area contributed by atoms with E-state index in [2.05, 4.69) is 4.98 Å². The molecule has 0 unspecified atom stereocenters. The third kappa shape index (κ3) is 10.1. The molecule has 0 amide bonds. The standard InChI is InChI=1S/C34H29N11O14S/c35-33-37-23(20-60-33)12-7-14-38(58-31-27(42(50)51)16-24(40(46)47)17-28(31)43(52)53)34(36)39(15-13-26(21-8-3-1-4-9-21)22-10-5-2-6-11-22)59-32-29(44(54)55)18-25(41(48)49)19-30(32)45(56)57/h1-6,8-11,16-20,26,36H,7,12-15H2,(H2,35,37). The van der Waals surface area contributed by atoms with E-state index in [1.165, 1.54) is 0 Å². The molecule has 0 spiro atoms. The van der Waals surface area contributed by atoms with Gasteiger partial charge in [-0.1, -0.05) is 60.7 Å². The number of benzene rings is 4. The summed E-state index contributed by atoms with van der Waals surface area (Å²) in [6.45, 7) is -0.988. The van der Waals surface area contributed by atoms with Crippen LogP contribution in [-0.4, -0.2) is 63.7 Å². The van der Waals surface area contributed by atoms with E-state index in [1.807, 2.05) is 0 Å². The molecule has 25 nitrogen and oxygen atoms in total. The van der Waals surface area contributed by atoms with Crippen molar-refractivity contribution in [2.24, 2.45) is 0 Å². The molecule has 310 valence electrons. The van der Waals surface area contributed by atoms with Crippen LogP contribution in [0.5, 0.6) is 11.5 Å². The molecule has 3 N–H and O–H groups in total. The molecule has 0 radical (unpaired) electrons. The number of nitrogens with two attached hydrogens (primary N) is 1. The normalized spacial score (nSPS) is 10.8. The van der Waals surface area contributed by atoms with Crippen LogP contribution >= 0.6 is 11.3 Å². The third-order valence-electron chi connectivity index (χ3n) is 8.54. The first-order valence-corrected chi connectivity index (χ1v) is 17.9. The quantitative estimate of drug-likeness (QED) is 0.0371. The lowest BCUT2D eigenvalue weighted by Crippen LogP contribution is -2.48. The molecule has 5 aromatic rings. The Morgan fingerprint density at radius 1 is 0.650 bits per heavy atom. The Morgan fingerprint density at radius 3 is 1.40 bits per heavy atom. The molecule has 1 heterocycles. The van der Waals surface area contributed by atoms with E-state index in [9.17, 15) is 66.1 Å². The lowest BCUT2D eigenvalue weighted by molar-refractivity contribution is -0.405. The first kappa shape index (κ1) is 42.7. The van der Waals surface area contributed by atoms with Crippen LogP contribution in [0.4, 0.5) is 39.3 Å². The first-order valence-electron chi connectivity index (χ1n) is 17.1. The summed E-state index contributed by atoms with van der Waals surface area (Å²) in [5, 5.41) is 84.4. The average molecular weight is 848 g/mol. The number of nitro groups is 6. The van der Waals surface area contributed by atoms with Crippen molar-refractivity contribution >= 4 is 56.6 Å². The molecule has 26 heteroatoms. The third-order valence-corrected chi connectivity index (χ3v) is 9.26. The van der Waals surface area contributed by atoms with Gasteiger partial charge in [-0.25, -0.2) is 4.98 Å². The molecule has 1 aromatic heterocycles. The number of rotatable bonds is 19. The van der Waals surface area contributed by atoms with Gasteiger partial charge in [-0.2, -0.15) is 10.1 Å². The van der Waals surface area contributed by atoms with Crippen LogP contribution in [0.1, 0.15) is 35.6 Å². The van der Waals surface area contributed by atoms with Gasteiger partial charge in [-0.15, -0.1) is 11.3 Å². The SMILES string of the molecule is N=C(N(CCCc1csc(N)n1)Oc1c([N+](=O)[O-])cc([N+](=O)[O-])cc1[N+](=O)[O-])N(CCC(c1ccccc1)c1ccccc1)Oc1c([N+](=O)[O-])cc([N+](=O)[O-])cc1[N+](=O)[O-]. The minimum atomic E-state index is -1.26. The molecule has 0 aliphatic carbocycles. The first-order chi connectivity index (χ1) is 28.5. The molecule has 0 saturated heterocycles. The molecule has 0 fully saturated rings. The molecule has 0 saturated carbocycles. The van der Waals surface area contributed by atoms with Gasteiger partial charge in [0.05, 0.1) is 72.6 Å². The number of nitrogen functional groups attached to an aromatic ring is 1. The number of aryl methyl sites for hydroxylation is 1. The van der Waals surface area contributed by atoms with Crippen LogP contribution < -0.4 is 15.4 Å². The maximum absolute atomic E-state index is 12.3. The Kier molecular flexibility index (Phi) is 13.3. The number of anilines is 1. The summed E-state index contributed by atoms with van der Waals surface area (Å²) in [6.07, 6.45) is 0.0345. The van der Waals surface area contributed by atoms with Gasteiger partial charge in [0.1, 0.15) is 0 Å². The second kappa shape index (κ2) is 18.7. The lowest BCUT2D eigenvalue weighted by atomic mass is 9.88. The fourth-order valence-electron chi connectivity index (χ4n) is 5.83. The van der Waals surface area contributed by atoms with Gasteiger partial charge in [0.25, 0.3) is 17.3 Å². The van der Waals surface area contributed by atoms with Gasteiger partial charge in [0.15, 0.2) is 5.13 Å². The molecule has 0 aliphatic heterocycles. The van der Waals surface area contributed by atoms with Crippen molar-refractivity contribution in [2.75, 3.05) is 18.8 Å². The van der Waals surface area contributed by atoms with Crippen LogP contribution in [0.15, 0.2) is 90.3 Å². The van der Waals surface area contributed by atoms with Gasteiger partial charge in [-0.3, -0.25) is 66.1 Å². The van der Waals surface area contributed by atoms with E-state index in [0.717, 1.165) is 22.5 Å². The van der Waals surface area contributed by atoms with Crippen molar-refractivity contribution in [3.05, 3.63) is 168 Å². The Bertz CT molecular complexity index is 2360. The zero-order valence-corrected chi connectivity index (χ0v) is 31.3. The Balaban J connectivity index is 1.67. The number of thiazole rings is 1. The highest BCUT2D eigenvalue weighted by atomic mass is 32.1. The van der Waals surface area contributed by atoms with Crippen molar-refractivity contribution in [1.29, 1.82) is 5.41 Å². The Hall–Kier alpha value is -8.42. The van der Waals surface area contributed by atoms with Crippen molar-refractivity contribution in [3.8, 4) is 11.5 Å². The Morgan fingerprint density at radius 2 is 1.05 bits per heavy atom. The molecular formula is C34H29N11O14S. The second-order valence-electron chi connectivity index (χ2n) is 12.3. The van der Waals surface area contributed by atoms with E-state index in [4.69, 9.17) is 15.4 Å². The fourth-order valence-corrected chi connectivity index (χ4v) is 6.42. The monoisotopic (exact) mass is 847 g/mol. The summed E-state index contributed by atoms with van der Waals surface area (Å²) >= 11 is 1.10. The van der Waals surface area contributed by atoms with Gasteiger partial charge in [0.2, 0.25) is 0 Å². The largest absolute Gasteiger partial charge is 0.375 e. The van der Waals surface area contributed by atoms with Gasteiger partial charge in [0, 0.05) is 11.3 Å². The van der Waals surface area contributed by atoms with Crippen LogP contribution in [0.25, 0.3) is 0 Å². The second-order valence-corrected chi connectivity index (χ2v) is 13.2. The average Bonchev–Trinajstić information content (AvgIpc) is 3.64. The predicted octanol–water partition coefficient (Wildman–Crippen LogP) is 6.86. The number of nitrogens with one attached hydrogen (secondary N) is 1. The lowest BCUT2D eigenvalue weighted by Gasteiger charge is -2.32. The van der Waals surface area contributed by atoms with E-state index in [0.29, 0.717) is 40.1 Å². The molecule has 5 rings (SSSR count). The number of aromatic nitrogens is 1. The van der Waals surface area contributed by atoms with Crippen molar-refractivity contribution in [1.82, 2.24) is 15.1 Å². The highest BCUT2D eigenvalue weighted by Crippen LogP contribution is 2.43. The highest BCUT2D eigenvalue weighted by molar-refractivity contribution is 7.13. The number of hydroxylamine groups is 4. The van der Waals surface area contributed by atoms with E-state index in [-0.39, 0.29) is 24.4 Å². The predicted molar refractivity (Wildman–Crippen MR) is 209 cm³/mol. The van der Waals surface area contributed by atoms with Crippen LogP contribution in [0.2, 0.25) is 0 Å². The summed E-state index contributed by atoms with van der Waals surface area (Å²) in [5.41, 5.74) is 0.534. The summed E-state index contributed by atoms with van der Waals surface area (Å²) in [7, 11) is 0. The zero-order valence-electron chi connectivity index (χ0n) is 30.5. The number of nitro benzene ring substituents is 6. The van der Waals surface area contributed by atoms with Crippen LogP contribution in [0, 0.1) is 66.1 Å². The van der Waals surface area contributed by atoms with E-state index in [1.54, 1.807) is 66.0 Å².